The van der Waals surface area contributed by atoms with Crippen molar-refractivity contribution in [2.45, 2.75) is 40.2 Å². The molecule has 4 rings (SSSR count). The maximum absolute atomic E-state index is 5.79. The molecule has 0 fully saturated rings. The van der Waals surface area contributed by atoms with E-state index >= 15 is 0 Å². The van der Waals surface area contributed by atoms with Crippen LogP contribution in [0.25, 0.3) is 33.5 Å². The molecule has 0 atom stereocenters. The van der Waals surface area contributed by atoms with Crippen LogP contribution in [0.1, 0.15) is 32.2 Å². The van der Waals surface area contributed by atoms with Crippen molar-refractivity contribution in [1.29, 1.82) is 0 Å². The quantitative estimate of drug-likeness (QED) is 0.475. The molecule has 0 bridgehead atoms. The van der Waals surface area contributed by atoms with Crippen molar-refractivity contribution >= 4 is 22.1 Å². The van der Waals surface area contributed by atoms with Gasteiger partial charge in [-0.05, 0) is 51.5 Å². The Morgan fingerprint density at radius 2 is 1.76 bits per heavy atom. The number of hydrogen-bond acceptors (Lipinski definition) is 2. The third-order valence-electron chi connectivity index (χ3n) is 4.78. The van der Waals surface area contributed by atoms with E-state index in [1.54, 1.807) is 0 Å². The van der Waals surface area contributed by atoms with Gasteiger partial charge in [0.05, 0.1) is 12.6 Å². The van der Waals surface area contributed by atoms with Gasteiger partial charge in [-0.25, -0.2) is 14.1 Å². The smallest absolute Gasteiger partial charge is 0.292 e. The molecule has 0 saturated carbocycles. The third-order valence-corrected chi connectivity index (χ3v) is 4.78. The molecule has 0 unspecified atom stereocenters. The SMILES string of the molecule is Cc1nc2c(-c3n(C(C)(C)C)c4ccccc4[n+]3C)c(C)ccc2o1. The highest BCUT2D eigenvalue weighted by Gasteiger charge is 2.34. The Balaban J connectivity index is 2.23. The molecule has 4 aromatic rings. The Bertz CT molecular complexity index is 1110. The summed E-state index contributed by atoms with van der Waals surface area (Å²) in [7, 11) is 2.13. The zero-order valence-electron chi connectivity index (χ0n) is 15.7. The van der Waals surface area contributed by atoms with Gasteiger partial charge in [-0.2, -0.15) is 0 Å². The van der Waals surface area contributed by atoms with Gasteiger partial charge in [0.1, 0.15) is 11.1 Å². The topological polar surface area (TPSA) is 34.8 Å². The van der Waals surface area contributed by atoms with Crippen LogP contribution in [0.4, 0.5) is 0 Å². The molecule has 0 radical (unpaired) electrons. The predicted octanol–water partition coefficient (Wildman–Crippen LogP) is 4.65. The summed E-state index contributed by atoms with van der Waals surface area (Å²) in [5, 5.41) is 0. The number of aryl methyl sites for hydroxylation is 3. The number of nitrogens with zero attached hydrogens (tertiary/aromatic N) is 3. The van der Waals surface area contributed by atoms with E-state index in [-0.39, 0.29) is 5.54 Å². The fourth-order valence-electron chi connectivity index (χ4n) is 3.76. The van der Waals surface area contributed by atoms with Crippen LogP contribution < -0.4 is 4.57 Å². The molecular formula is C21H24N3O+. The molecule has 0 spiro atoms. The average molecular weight is 334 g/mol. The van der Waals surface area contributed by atoms with E-state index in [0.717, 1.165) is 22.5 Å². The number of oxazole rings is 1. The summed E-state index contributed by atoms with van der Waals surface area (Å²) in [6.07, 6.45) is 0. The van der Waals surface area contributed by atoms with E-state index in [1.807, 2.05) is 13.0 Å². The number of rotatable bonds is 1. The zero-order valence-corrected chi connectivity index (χ0v) is 15.7. The van der Waals surface area contributed by atoms with Crippen LogP contribution in [-0.2, 0) is 12.6 Å². The van der Waals surface area contributed by atoms with Crippen LogP contribution >= 0.6 is 0 Å². The average Bonchev–Trinajstić information content (AvgIpc) is 3.05. The van der Waals surface area contributed by atoms with Gasteiger partial charge in [0.2, 0.25) is 0 Å². The van der Waals surface area contributed by atoms with Gasteiger partial charge in [0.15, 0.2) is 22.5 Å². The van der Waals surface area contributed by atoms with E-state index < -0.39 is 0 Å². The molecule has 128 valence electrons. The molecule has 25 heavy (non-hydrogen) atoms. The van der Waals surface area contributed by atoms with Gasteiger partial charge in [-0.3, -0.25) is 0 Å². The van der Waals surface area contributed by atoms with Gasteiger partial charge < -0.3 is 4.42 Å². The number of hydrogen-bond donors (Lipinski definition) is 0. The van der Waals surface area contributed by atoms with Crippen molar-refractivity contribution in [3.8, 4) is 11.4 Å². The van der Waals surface area contributed by atoms with Crippen LogP contribution in [-0.4, -0.2) is 9.55 Å². The second kappa shape index (κ2) is 5.19. The first-order valence-corrected chi connectivity index (χ1v) is 8.66. The lowest BCUT2D eigenvalue weighted by Gasteiger charge is -2.19. The summed E-state index contributed by atoms with van der Waals surface area (Å²) in [6, 6.07) is 12.7. The summed E-state index contributed by atoms with van der Waals surface area (Å²) < 4.78 is 10.5. The first-order chi connectivity index (χ1) is 11.8. The molecule has 2 heterocycles. The van der Waals surface area contributed by atoms with Crippen LogP contribution in [0.5, 0.6) is 0 Å². The van der Waals surface area contributed by atoms with Gasteiger partial charge in [0, 0.05) is 6.92 Å². The number of imidazole rings is 1. The number of para-hydroxylation sites is 2. The number of aromatic nitrogens is 3. The Kier molecular flexibility index (Phi) is 3.29. The highest BCUT2D eigenvalue weighted by Crippen LogP contribution is 2.35. The first kappa shape index (κ1) is 15.9. The van der Waals surface area contributed by atoms with Crippen LogP contribution in [0.3, 0.4) is 0 Å². The lowest BCUT2D eigenvalue weighted by Crippen LogP contribution is -2.33. The minimum absolute atomic E-state index is 0.0659. The largest absolute Gasteiger partial charge is 0.441 e. The van der Waals surface area contributed by atoms with Gasteiger partial charge in [0.25, 0.3) is 5.82 Å². The van der Waals surface area contributed by atoms with Gasteiger partial charge in [-0.1, -0.05) is 18.2 Å². The summed E-state index contributed by atoms with van der Waals surface area (Å²) >= 11 is 0. The first-order valence-electron chi connectivity index (χ1n) is 8.66. The highest BCUT2D eigenvalue weighted by atomic mass is 16.3. The van der Waals surface area contributed by atoms with Crippen molar-refractivity contribution in [2.24, 2.45) is 7.05 Å². The minimum atomic E-state index is -0.0659. The van der Waals surface area contributed by atoms with E-state index in [1.165, 1.54) is 16.6 Å². The Morgan fingerprint density at radius 3 is 2.48 bits per heavy atom. The van der Waals surface area contributed by atoms with Gasteiger partial charge in [-0.15, -0.1) is 0 Å². The fourth-order valence-corrected chi connectivity index (χ4v) is 3.76. The van der Waals surface area contributed by atoms with E-state index in [4.69, 9.17) is 9.40 Å². The van der Waals surface area contributed by atoms with Crippen molar-refractivity contribution in [2.75, 3.05) is 0 Å². The maximum atomic E-state index is 5.79. The van der Waals surface area contributed by atoms with Crippen molar-refractivity contribution in [1.82, 2.24) is 9.55 Å². The molecule has 4 nitrogen and oxygen atoms in total. The second-order valence-electron chi connectivity index (χ2n) is 7.71. The molecule has 0 amide bonds. The molecule has 2 aromatic carbocycles. The Hall–Kier alpha value is -2.62. The lowest BCUT2D eigenvalue weighted by atomic mass is 10.0. The summed E-state index contributed by atoms with van der Waals surface area (Å²) in [4.78, 5) is 4.69. The number of benzene rings is 2. The minimum Gasteiger partial charge on any atom is -0.441 e. The highest BCUT2D eigenvalue weighted by molar-refractivity contribution is 5.92. The third kappa shape index (κ3) is 2.28. The molecule has 0 aliphatic carbocycles. The van der Waals surface area contributed by atoms with Crippen molar-refractivity contribution in [3.63, 3.8) is 0 Å². The standard InChI is InChI=1S/C21H24N3O/c1-13-11-12-17-19(22-14(2)25-17)18(13)20-23(6)15-9-7-8-10-16(15)24(20)21(3,4)5/h7-12H,1-6H3/q+1. The number of fused-ring (bicyclic) bond motifs is 2. The van der Waals surface area contributed by atoms with E-state index in [2.05, 4.69) is 74.2 Å². The molecule has 0 saturated heterocycles. The molecule has 0 aliphatic rings. The second-order valence-corrected chi connectivity index (χ2v) is 7.71. The lowest BCUT2D eigenvalue weighted by molar-refractivity contribution is -0.634. The molecule has 0 aliphatic heterocycles. The fraction of sp³-hybridized carbons (Fsp3) is 0.333. The maximum Gasteiger partial charge on any atom is 0.292 e. The van der Waals surface area contributed by atoms with Crippen LogP contribution in [0, 0.1) is 13.8 Å². The van der Waals surface area contributed by atoms with E-state index in [0.29, 0.717) is 5.89 Å². The molecule has 0 N–H and O–H groups in total. The van der Waals surface area contributed by atoms with Crippen molar-refractivity contribution in [3.05, 3.63) is 47.9 Å². The summed E-state index contributed by atoms with van der Waals surface area (Å²) in [5.41, 5.74) is 6.48. The Labute approximate surface area is 147 Å². The van der Waals surface area contributed by atoms with Crippen LogP contribution in [0.15, 0.2) is 40.8 Å². The van der Waals surface area contributed by atoms with Crippen LogP contribution in [0.2, 0.25) is 0 Å². The monoisotopic (exact) mass is 334 g/mol. The van der Waals surface area contributed by atoms with E-state index in [9.17, 15) is 0 Å². The summed E-state index contributed by atoms with van der Waals surface area (Å²) in [6.45, 7) is 10.8. The molecule has 4 heteroatoms. The van der Waals surface area contributed by atoms with Gasteiger partial charge >= 0.3 is 0 Å². The zero-order chi connectivity index (χ0) is 17.9. The molecule has 2 aromatic heterocycles. The predicted molar refractivity (Wildman–Crippen MR) is 101 cm³/mol. The van der Waals surface area contributed by atoms with Crippen molar-refractivity contribution < 1.29 is 8.98 Å². The summed E-state index contributed by atoms with van der Waals surface area (Å²) in [5.74, 6) is 1.85. The molecular weight excluding hydrogens is 310 g/mol. The normalized spacial score (nSPS) is 12.4. The Morgan fingerprint density at radius 1 is 1.04 bits per heavy atom.